The first-order valence-corrected chi connectivity index (χ1v) is 8.58. The predicted octanol–water partition coefficient (Wildman–Crippen LogP) is 4.97. The molecule has 0 spiro atoms. The van der Waals surface area contributed by atoms with Crippen molar-refractivity contribution in [3.05, 3.63) is 55.4 Å². The zero-order chi connectivity index (χ0) is 14.1. The molecule has 1 aromatic heterocycles. The number of benzene rings is 1. The number of aryl methyl sites for hydroxylation is 2. The number of fused-ring (bicyclic) bond motifs is 1. The van der Waals surface area contributed by atoms with Crippen molar-refractivity contribution in [3.63, 3.8) is 0 Å². The van der Waals surface area contributed by atoms with Gasteiger partial charge in [-0.3, -0.25) is 0 Å². The molecule has 3 rings (SSSR count). The SMILES string of the molecule is NC(c1cc2c(s1)CCCCC2)c1cccc(Br)c1F. The average Bonchev–Trinajstić information content (AvgIpc) is 2.72. The van der Waals surface area contributed by atoms with E-state index in [0.29, 0.717) is 10.0 Å². The van der Waals surface area contributed by atoms with Gasteiger partial charge >= 0.3 is 0 Å². The van der Waals surface area contributed by atoms with Crippen LogP contribution in [0.1, 0.15) is 46.2 Å². The van der Waals surface area contributed by atoms with E-state index in [1.54, 1.807) is 23.5 Å². The van der Waals surface area contributed by atoms with E-state index in [0.717, 1.165) is 17.7 Å². The van der Waals surface area contributed by atoms with E-state index < -0.39 is 0 Å². The topological polar surface area (TPSA) is 26.0 Å². The molecule has 0 saturated heterocycles. The second-order valence-corrected chi connectivity index (χ2v) is 7.30. The lowest BCUT2D eigenvalue weighted by Gasteiger charge is -2.12. The van der Waals surface area contributed by atoms with Crippen LogP contribution in [-0.2, 0) is 12.8 Å². The molecule has 0 amide bonds. The van der Waals surface area contributed by atoms with Gasteiger partial charge in [-0.15, -0.1) is 11.3 Å². The normalized spacial score (nSPS) is 16.6. The molecule has 1 aromatic carbocycles. The maximum absolute atomic E-state index is 14.2. The molecule has 0 aliphatic heterocycles. The van der Waals surface area contributed by atoms with Crippen LogP contribution in [0.25, 0.3) is 0 Å². The highest BCUT2D eigenvalue weighted by Crippen LogP contribution is 2.35. The van der Waals surface area contributed by atoms with Gasteiger partial charge in [-0.2, -0.15) is 0 Å². The van der Waals surface area contributed by atoms with Crippen LogP contribution in [-0.4, -0.2) is 0 Å². The fraction of sp³-hybridized carbons (Fsp3) is 0.375. The molecule has 106 valence electrons. The zero-order valence-corrected chi connectivity index (χ0v) is 13.6. The minimum atomic E-state index is -0.371. The Balaban J connectivity index is 1.94. The molecule has 0 radical (unpaired) electrons. The van der Waals surface area contributed by atoms with Crippen LogP contribution in [0.2, 0.25) is 0 Å². The van der Waals surface area contributed by atoms with Crippen LogP contribution in [0.5, 0.6) is 0 Å². The average molecular weight is 354 g/mol. The fourth-order valence-corrected chi connectivity index (χ4v) is 4.42. The van der Waals surface area contributed by atoms with Crippen LogP contribution in [0.3, 0.4) is 0 Å². The maximum atomic E-state index is 14.2. The molecule has 20 heavy (non-hydrogen) atoms. The Morgan fingerprint density at radius 2 is 2.00 bits per heavy atom. The summed E-state index contributed by atoms with van der Waals surface area (Å²) in [7, 11) is 0. The van der Waals surface area contributed by atoms with Crippen molar-refractivity contribution in [2.24, 2.45) is 5.73 Å². The predicted molar refractivity (Wildman–Crippen MR) is 85.7 cm³/mol. The van der Waals surface area contributed by atoms with E-state index in [1.165, 1.54) is 29.7 Å². The van der Waals surface area contributed by atoms with Gasteiger partial charge in [-0.1, -0.05) is 18.6 Å². The van der Waals surface area contributed by atoms with Crippen LogP contribution in [0, 0.1) is 5.82 Å². The minimum absolute atomic E-state index is 0.247. The number of nitrogens with two attached hydrogens (primary N) is 1. The van der Waals surface area contributed by atoms with Gasteiger partial charge in [-0.25, -0.2) is 4.39 Å². The Hall–Kier alpha value is -0.710. The molecule has 1 heterocycles. The highest BCUT2D eigenvalue weighted by molar-refractivity contribution is 9.10. The number of hydrogen-bond donors (Lipinski definition) is 1. The van der Waals surface area contributed by atoms with Crippen molar-refractivity contribution in [3.8, 4) is 0 Å². The third-order valence-electron chi connectivity index (χ3n) is 3.89. The van der Waals surface area contributed by atoms with Crippen molar-refractivity contribution in [1.29, 1.82) is 0 Å². The van der Waals surface area contributed by atoms with Crippen molar-refractivity contribution >= 4 is 27.3 Å². The fourth-order valence-electron chi connectivity index (χ4n) is 2.76. The summed E-state index contributed by atoms with van der Waals surface area (Å²) in [5.74, 6) is -0.247. The maximum Gasteiger partial charge on any atom is 0.142 e. The number of halogens is 2. The summed E-state index contributed by atoms with van der Waals surface area (Å²) >= 11 is 4.99. The Morgan fingerprint density at radius 1 is 1.20 bits per heavy atom. The van der Waals surface area contributed by atoms with Gasteiger partial charge in [0.25, 0.3) is 0 Å². The summed E-state index contributed by atoms with van der Waals surface area (Å²) in [6.07, 6.45) is 6.10. The van der Waals surface area contributed by atoms with Crippen molar-refractivity contribution < 1.29 is 4.39 Å². The van der Waals surface area contributed by atoms with Gasteiger partial charge in [-0.05, 0) is 59.3 Å². The van der Waals surface area contributed by atoms with Crippen LogP contribution in [0.15, 0.2) is 28.7 Å². The van der Waals surface area contributed by atoms with Crippen molar-refractivity contribution in [2.45, 2.75) is 38.1 Å². The second-order valence-electron chi connectivity index (χ2n) is 5.28. The molecule has 1 aliphatic rings. The van der Waals surface area contributed by atoms with Crippen LogP contribution in [0.4, 0.5) is 4.39 Å². The standard InChI is InChI=1S/C16H17BrFNS/c17-12-7-4-6-11(15(12)18)16(19)14-9-10-5-2-1-3-8-13(10)20-14/h4,6-7,9,16H,1-3,5,8,19H2. The van der Waals surface area contributed by atoms with Crippen LogP contribution >= 0.6 is 27.3 Å². The van der Waals surface area contributed by atoms with Gasteiger partial charge in [0.05, 0.1) is 10.5 Å². The largest absolute Gasteiger partial charge is 0.320 e. The molecule has 4 heteroatoms. The molecule has 2 N–H and O–H groups in total. The van der Waals surface area contributed by atoms with Crippen LogP contribution < -0.4 is 5.73 Å². The third-order valence-corrected chi connectivity index (χ3v) is 5.82. The Morgan fingerprint density at radius 3 is 2.85 bits per heavy atom. The highest BCUT2D eigenvalue weighted by Gasteiger charge is 2.20. The Kier molecular flexibility index (Phi) is 4.24. The summed E-state index contributed by atoms with van der Waals surface area (Å²) in [4.78, 5) is 2.53. The van der Waals surface area contributed by atoms with Gasteiger partial charge in [0.2, 0.25) is 0 Å². The molecule has 1 unspecified atom stereocenters. The summed E-state index contributed by atoms with van der Waals surface area (Å²) in [6.45, 7) is 0. The molecule has 0 saturated carbocycles. The van der Waals surface area contributed by atoms with E-state index >= 15 is 0 Å². The van der Waals surface area contributed by atoms with Gasteiger partial charge in [0.15, 0.2) is 0 Å². The highest BCUT2D eigenvalue weighted by atomic mass is 79.9. The molecule has 1 atom stereocenters. The lowest BCUT2D eigenvalue weighted by molar-refractivity contribution is 0.594. The smallest absolute Gasteiger partial charge is 0.142 e. The first-order chi connectivity index (χ1) is 9.66. The third kappa shape index (κ3) is 2.69. The van der Waals surface area contributed by atoms with Crippen molar-refractivity contribution in [1.82, 2.24) is 0 Å². The summed E-state index contributed by atoms with van der Waals surface area (Å²) in [6, 6.07) is 7.13. The van der Waals surface area contributed by atoms with E-state index in [-0.39, 0.29) is 11.9 Å². The minimum Gasteiger partial charge on any atom is -0.320 e. The molecule has 0 bridgehead atoms. The summed E-state index contributed by atoms with van der Waals surface area (Å²) in [5, 5.41) is 0. The lowest BCUT2D eigenvalue weighted by atomic mass is 10.0. The molecule has 1 nitrogen and oxygen atoms in total. The number of thiophene rings is 1. The van der Waals surface area contributed by atoms with E-state index in [1.807, 2.05) is 6.07 Å². The van der Waals surface area contributed by atoms with E-state index in [2.05, 4.69) is 22.0 Å². The number of hydrogen-bond acceptors (Lipinski definition) is 2. The molecule has 2 aromatic rings. The zero-order valence-electron chi connectivity index (χ0n) is 11.2. The summed E-state index contributed by atoms with van der Waals surface area (Å²) < 4.78 is 14.6. The van der Waals surface area contributed by atoms with E-state index in [4.69, 9.17) is 5.73 Å². The molecule has 1 aliphatic carbocycles. The monoisotopic (exact) mass is 353 g/mol. The first kappa shape index (κ1) is 14.2. The summed E-state index contributed by atoms with van der Waals surface area (Å²) in [5.41, 5.74) is 8.28. The lowest BCUT2D eigenvalue weighted by Crippen LogP contribution is -2.12. The number of rotatable bonds is 2. The Bertz CT molecular complexity index is 599. The first-order valence-electron chi connectivity index (χ1n) is 6.98. The van der Waals surface area contributed by atoms with Crippen molar-refractivity contribution in [2.75, 3.05) is 0 Å². The quantitative estimate of drug-likeness (QED) is 0.758. The van der Waals surface area contributed by atoms with Gasteiger partial charge in [0.1, 0.15) is 5.82 Å². The molecular formula is C16H17BrFNS. The Labute approximate surface area is 131 Å². The second kappa shape index (κ2) is 5.96. The van der Waals surface area contributed by atoms with E-state index in [9.17, 15) is 4.39 Å². The molecule has 0 fully saturated rings. The van der Waals surface area contributed by atoms with Gasteiger partial charge in [0, 0.05) is 15.3 Å². The molecular weight excluding hydrogens is 337 g/mol. The van der Waals surface area contributed by atoms with Gasteiger partial charge < -0.3 is 5.73 Å².